The monoisotopic (exact) mass is 126 g/mol. The van der Waals surface area contributed by atoms with Crippen LogP contribution in [0.5, 0.6) is 0 Å². The highest BCUT2D eigenvalue weighted by Gasteiger charge is 2.08. The van der Waals surface area contributed by atoms with Crippen LogP contribution in [0.3, 0.4) is 0 Å². The summed E-state index contributed by atoms with van der Waals surface area (Å²) in [7, 11) is 0. The van der Waals surface area contributed by atoms with Crippen LogP contribution in [0.4, 0.5) is 0 Å². The van der Waals surface area contributed by atoms with Crippen LogP contribution in [0.1, 0.15) is 26.2 Å². The third-order valence-electron chi connectivity index (χ3n) is 1.62. The van der Waals surface area contributed by atoms with Gasteiger partial charge in [0.2, 0.25) is 0 Å². The Hall–Kier alpha value is -0.300. The molecule has 1 unspecified atom stereocenters. The van der Waals surface area contributed by atoms with Crippen LogP contribution in [-0.4, -0.2) is 12.7 Å². The first-order valence-corrected chi connectivity index (χ1v) is 3.68. The zero-order chi connectivity index (χ0) is 6.53. The highest BCUT2D eigenvalue weighted by molar-refractivity contribution is 4.87. The first kappa shape index (κ1) is 6.81. The molecular weight excluding hydrogens is 112 g/mol. The maximum Gasteiger partial charge on any atom is 0.0755 e. The third kappa shape index (κ3) is 2.19. The molecule has 9 heavy (non-hydrogen) atoms. The van der Waals surface area contributed by atoms with E-state index in [0.717, 1.165) is 6.61 Å². The number of hydrogen-bond acceptors (Lipinski definition) is 1. The van der Waals surface area contributed by atoms with E-state index in [1.54, 1.807) is 0 Å². The second-order valence-corrected chi connectivity index (χ2v) is 2.43. The normalized spacial score (nSPS) is 29.2. The van der Waals surface area contributed by atoms with Gasteiger partial charge in [0.1, 0.15) is 0 Å². The molecule has 0 spiro atoms. The van der Waals surface area contributed by atoms with Crippen molar-refractivity contribution in [2.75, 3.05) is 6.61 Å². The SMILES string of the molecule is CC=CC1CCCCO1. The van der Waals surface area contributed by atoms with Gasteiger partial charge in [0, 0.05) is 6.61 Å². The summed E-state index contributed by atoms with van der Waals surface area (Å²) in [6, 6.07) is 0. The summed E-state index contributed by atoms with van der Waals surface area (Å²) < 4.78 is 5.43. The van der Waals surface area contributed by atoms with E-state index in [-0.39, 0.29) is 0 Å². The van der Waals surface area contributed by atoms with E-state index >= 15 is 0 Å². The molecule has 1 rings (SSSR count). The largest absolute Gasteiger partial charge is 0.374 e. The molecule has 1 saturated heterocycles. The van der Waals surface area contributed by atoms with Crippen LogP contribution in [-0.2, 0) is 4.74 Å². The molecule has 1 heteroatoms. The van der Waals surface area contributed by atoms with Crippen molar-refractivity contribution in [3.05, 3.63) is 12.2 Å². The first-order valence-electron chi connectivity index (χ1n) is 3.68. The van der Waals surface area contributed by atoms with Crippen LogP contribution < -0.4 is 0 Å². The Bertz CT molecular complexity index is 90.7. The van der Waals surface area contributed by atoms with Crippen molar-refractivity contribution in [3.8, 4) is 0 Å². The number of hydrogen-bond donors (Lipinski definition) is 0. The molecule has 52 valence electrons. The second-order valence-electron chi connectivity index (χ2n) is 2.43. The number of ether oxygens (including phenoxy) is 1. The zero-order valence-corrected chi connectivity index (χ0v) is 5.97. The molecule has 1 aliphatic heterocycles. The van der Waals surface area contributed by atoms with E-state index < -0.39 is 0 Å². The minimum atomic E-state index is 0.420. The molecule has 1 nitrogen and oxygen atoms in total. The fourth-order valence-corrected chi connectivity index (χ4v) is 1.13. The summed E-state index contributed by atoms with van der Waals surface area (Å²) in [6.45, 7) is 2.99. The van der Waals surface area contributed by atoms with Gasteiger partial charge in [-0.1, -0.05) is 12.2 Å². The smallest absolute Gasteiger partial charge is 0.0755 e. The summed E-state index contributed by atoms with van der Waals surface area (Å²) in [6.07, 6.45) is 8.41. The van der Waals surface area contributed by atoms with Gasteiger partial charge in [-0.05, 0) is 26.2 Å². The van der Waals surface area contributed by atoms with E-state index in [1.165, 1.54) is 19.3 Å². The van der Waals surface area contributed by atoms with Crippen molar-refractivity contribution >= 4 is 0 Å². The van der Waals surface area contributed by atoms with Gasteiger partial charge in [0.05, 0.1) is 6.10 Å². The van der Waals surface area contributed by atoms with E-state index in [0.29, 0.717) is 6.10 Å². The molecule has 0 bridgehead atoms. The molecule has 0 aromatic rings. The highest BCUT2D eigenvalue weighted by atomic mass is 16.5. The van der Waals surface area contributed by atoms with Gasteiger partial charge in [-0.25, -0.2) is 0 Å². The lowest BCUT2D eigenvalue weighted by Crippen LogP contribution is -2.15. The van der Waals surface area contributed by atoms with Gasteiger partial charge in [0.25, 0.3) is 0 Å². The van der Waals surface area contributed by atoms with Crippen LogP contribution >= 0.6 is 0 Å². The van der Waals surface area contributed by atoms with Gasteiger partial charge in [-0.15, -0.1) is 0 Å². The van der Waals surface area contributed by atoms with Crippen molar-refractivity contribution in [1.29, 1.82) is 0 Å². The Morgan fingerprint density at radius 3 is 2.89 bits per heavy atom. The molecule has 1 atom stereocenters. The zero-order valence-electron chi connectivity index (χ0n) is 5.97. The van der Waals surface area contributed by atoms with Crippen molar-refractivity contribution in [1.82, 2.24) is 0 Å². The Labute approximate surface area is 56.7 Å². The highest BCUT2D eigenvalue weighted by Crippen LogP contribution is 2.12. The standard InChI is InChI=1S/C8H14O/c1-2-5-8-6-3-4-7-9-8/h2,5,8H,3-4,6-7H2,1H3. The molecular formula is C8H14O. The Morgan fingerprint density at radius 2 is 2.33 bits per heavy atom. The average Bonchev–Trinajstić information content (AvgIpc) is 1.91. The second kappa shape index (κ2) is 3.67. The lowest BCUT2D eigenvalue weighted by atomic mass is 10.1. The van der Waals surface area contributed by atoms with Crippen molar-refractivity contribution in [3.63, 3.8) is 0 Å². The lowest BCUT2D eigenvalue weighted by Gasteiger charge is -2.18. The maximum absolute atomic E-state index is 5.43. The van der Waals surface area contributed by atoms with Crippen LogP contribution in [0.2, 0.25) is 0 Å². The molecule has 1 fully saturated rings. The Morgan fingerprint density at radius 1 is 1.44 bits per heavy atom. The third-order valence-corrected chi connectivity index (χ3v) is 1.62. The van der Waals surface area contributed by atoms with Gasteiger partial charge in [-0.3, -0.25) is 0 Å². The molecule has 0 amide bonds. The van der Waals surface area contributed by atoms with Gasteiger partial charge >= 0.3 is 0 Å². The predicted molar refractivity (Wildman–Crippen MR) is 38.4 cm³/mol. The minimum Gasteiger partial charge on any atom is -0.374 e. The summed E-state index contributed by atoms with van der Waals surface area (Å²) >= 11 is 0. The molecule has 0 radical (unpaired) electrons. The van der Waals surface area contributed by atoms with Crippen molar-refractivity contribution < 1.29 is 4.74 Å². The molecule has 0 aromatic carbocycles. The molecule has 1 heterocycles. The maximum atomic E-state index is 5.43. The Kier molecular flexibility index (Phi) is 2.78. The topological polar surface area (TPSA) is 9.23 Å². The fourth-order valence-electron chi connectivity index (χ4n) is 1.13. The van der Waals surface area contributed by atoms with E-state index in [2.05, 4.69) is 12.2 Å². The van der Waals surface area contributed by atoms with Gasteiger partial charge in [0.15, 0.2) is 0 Å². The predicted octanol–water partition coefficient (Wildman–Crippen LogP) is 2.13. The first-order chi connectivity index (χ1) is 4.43. The molecule has 1 aliphatic rings. The van der Waals surface area contributed by atoms with Crippen LogP contribution in [0.15, 0.2) is 12.2 Å². The summed E-state index contributed by atoms with van der Waals surface area (Å²) in [5.74, 6) is 0. The fraction of sp³-hybridized carbons (Fsp3) is 0.750. The van der Waals surface area contributed by atoms with Crippen molar-refractivity contribution in [2.45, 2.75) is 32.3 Å². The summed E-state index contributed by atoms with van der Waals surface area (Å²) in [5, 5.41) is 0. The lowest BCUT2D eigenvalue weighted by molar-refractivity contribution is 0.0465. The van der Waals surface area contributed by atoms with Crippen LogP contribution in [0.25, 0.3) is 0 Å². The quantitative estimate of drug-likeness (QED) is 0.489. The molecule has 0 saturated carbocycles. The number of allylic oxidation sites excluding steroid dienone is 1. The Balaban J connectivity index is 2.23. The molecule has 0 aromatic heterocycles. The van der Waals surface area contributed by atoms with Crippen molar-refractivity contribution in [2.24, 2.45) is 0 Å². The van der Waals surface area contributed by atoms with Gasteiger partial charge in [-0.2, -0.15) is 0 Å². The van der Waals surface area contributed by atoms with E-state index in [4.69, 9.17) is 4.74 Å². The van der Waals surface area contributed by atoms with Gasteiger partial charge < -0.3 is 4.74 Å². The minimum absolute atomic E-state index is 0.420. The van der Waals surface area contributed by atoms with E-state index in [1.807, 2.05) is 6.92 Å². The van der Waals surface area contributed by atoms with E-state index in [9.17, 15) is 0 Å². The molecule has 0 N–H and O–H groups in total. The summed E-state index contributed by atoms with van der Waals surface area (Å²) in [5.41, 5.74) is 0. The summed E-state index contributed by atoms with van der Waals surface area (Å²) in [4.78, 5) is 0. The average molecular weight is 126 g/mol. The number of rotatable bonds is 1. The van der Waals surface area contributed by atoms with Crippen LogP contribution in [0, 0.1) is 0 Å². The molecule has 0 aliphatic carbocycles.